The van der Waals surface area contributed by atoms with Crippen molar-refractivity contribution in [2.24, 2.45) is 4.99 Å². The zero-order valence-corrected chi connectivity index (χ0v) is 16.0. The summed E-state index contributed by atoms with van der Waals surface area (Å²) in [6.45, 7) is 1.66. The number of pyridine rings is 1. The van der Waals surface area contributed by atoms with Crippen LogP contribution in [0.5, 0.6) is 0 Å². The van der Waals surface area contributed by atoms with Gasteiger partial charge in [-0.25, -0.2) is 13.6 Å². The number of nitrogens with zero attached hydrogens (tertiary/aromatic N) is 2. The first kappa shape index (κ1) is 20.9. The van der Waals surface area contributed by atoms with E-state index in [1.165, 1.54) is 36.4 Å². The number of aliphatic imine (C=N–C) groups is 1. The van der Waals surface area contributed by atoms with Crippen LogP contribution in [0.1, 0.15) is 12.5 Å². The van der Waals surface area contributed by atoms with Crippen LogP contribution in [0.2, 0.25) is 0 Å². The van der Waals surface area contributed by atoms with Crippen LogP contribution in [0.25, 0.3) is 16.9 Å². The van der Waals surface area contributed by atoms with Crippen molar-refractivity contribution in [3.05, 3.63) is 89.8 Å². The minimum atomic E-state index is -0.863. The predicted molar refractivity (Wildman–Crippen MR) is 110 cm³/mol. The van der Waals surface area contributed by atoms with E-state index in [1.54, 1.807) is 37.5 Å². The Balaban J connectivity index is 2.00. The summed E-state index contributed by atoms with van der Waals surface area (Å²) in [6.07, 6.45) is 4.24. The highest BCUT2D eigenvalue weighted by Crippen LogP contribution is 2.26. The molecule has 30 heavy (non-hydrogen) atoms. The van der Waals surface area contributed by atoms with Gasteiger partial charge in [-0.05, 0) is 66.6 Å². The van der Waals surface area contributed by atoms with Gasteiger partial charge in [0, 0.05) is 18.6 Å². The number of hydrogen-bond acceptors (Lipinski definition) is 5. The number of esters is 1. The van der Waals surface area contributed by atoms with Gasteiger partial charge in [0.2, 0.25) is 0 Å². The van der Waals surface area contributed by atoms with Crippen molar-refractivity contribution < 1.29 is 23.4 Å². The molecule has 0 bridgehead atoms. The summed E-state index contributed by atoms with van der Waals surface area (Å²) in [6, 6.07) is 12.9. The number of ether oxygens (including phenoxy) is 1. The predicted octanol–water partition coefficient (Wildman–Crippen LogP) is 5.26. The van der Waals surface area contributed by atoms with Crippen LogP contribution in [0.4, 0.5) is 14.5 Å². The van der Waals surface area contributed by atoms with Gasteiger partial charge in [0.25, 0.3) is 0 Å². The van der Waals surface area contributed by atoms with Gasteiger partial charge in [0.1, 0.15) is 23.0 Å². The van der Waals surface area contributed by atoms with Crippen molar-refractivity contribution in [2.45, 2.75) is 6.92 Å². The summed E-state index contributed by atoms with van der Waals surface area (Å²) < 4.78 is 32.7. The lowest BCUT2D eigenvalue weighted by Gasteiger charge is -2.09. The molecule has 0 spiro atoms. The maximum absolute atomic E-state index is 14.8. The molecule has 3 rings (SSSR count). The van der Waals surface area contributed by atoms with Gasteiger partial charge in [-0.2, -0.15) is 0 Å². The third-order valence-corrected chi connectivity index (χ3v) is 4.16. The van der Waals surface area contributed by atoms with Crippen LogP contribution in [0.3, 0.4) is 0 Å². The summed E-state index contributed by atoms with van der Waals surface area (Å²) in [5.41, 5.74) is 1.18. The molecule has 0 aliphatic heterocycles. The van der Waals surface area contributed by atoms with E-state index in [-0.39, 0.29) is 17.7 Å². The van der Waals surface area contributed by atoms with E-state index < -0.39 is 23.4 Å². The van der Waals surface area contributed by atoms with E-state index in [4.69, 9.17) is 4.74 Å². The van der Waals surface area contributed by atoms with Gasteiger partial charge in [0.15, 0.2) is 0 Å². The molecule has 152 valence electrons. The Labute approximate surface area is 172 Å². The second-order valence-corrected chi connectivity index (χ2v) is 6.15. The fourth-order valence-corrected chi connectivity index (χ4v) is 2.66. The summed E-state index contributed by atoms with van der Waals surface area (Å²) in [5.74, 6) is -2.63. The number of carbonyl (C=O) groups is 1. The van der Waals surface area contributed by atoms with E-state index in [9.17, 15) is 18.7 Å². The molecule has 0 radical (unpaired) electrons. The Hall–Kier alpha value is -3.87. The Kier molecular flexibility index (Phi) is 6.64. The molecule has 7 heteroatoms. The molecule has 0 aliphatic carbocycles. The minimum absolute atomic E-state index is 0.0590. The fraction of sp³-hybridized carbons (Fsp3) is 0.0870. The fourth-order valence-electron chi connectivity index (χ4n) is 2.66. The molecule has 0 saturated heterocycles. The lowest BCUT2D eigenvalue weighted by atomic mass is 10.0. The van der Waals surface area contributed by atoms with Crippen molar-refractivity contribution in [3.8, 4) is 11.1 Å². The van der Waals surface area contributed by atoms with Crippen LogP contribution in [0.15, 0.2) is 77.6 Å². The molecule has 0 saturated carbocycles. The molecule has 2 aromatic carbocycles. The van der Waals surface area contributed by atoms with Gasteiger partial charge in [-0.3, -0.25) is 9.98 Å². The molecule has 0 amide bonds. The van der Waals surface area contributed by atoms with Crippen molar-refractivity contribution in [1.82, 2.24) is 4.98 Å². The van der Waals surface area contributed by atoms with Crippen molar-refractivity contribution in [1.29, 1.82) is 0 Å². The maximum Gasteiger partial charge on any atom is 0.343 e. The summed E-state index contributed by atoms with van der Waals surface area (Å²) in [5, 5.41) is 10.6. The zero-order valence-electron chi connectivity index (χ0n) is 16.0. The second kappa shape index (κ2) is 9.56. The SMILES string of the molecule is CCOC(=O)C(C=Nc1ccc(F)cc1)=C(O)c1ccc(-c2ccncc2)cc1F. The Morgan fingerprint density at radius 2 is 1.77 bits per heavy atom. The third kappa shape index (κ3) is 4.94. The molecular formula is C23H18F2N2O3. The number of hydrogen-bond donors (Lipinski definition) is 1. The molecule has 0 unspecified atom stereocenters. The first-order chi connectivity index (χ1) is 14.5. The number of rotatable bonds is 6. The second-order valence-electron chi connectivity index (χ2n) is 6.15. The topological polar surface area (TPSA) is 71.8 Å². The van der Waals surface area contributed by atoms with Gasteiger partial charge in [0.05, 0.1) is 17.9 Å². The third-order valence-electron chi connectivity index (χ3n) is 4.16. The monoisotopic (exact) mass is 408 g/mol. The Morgan fingerprint density at radius 3 is 2.40 bits per heavy atom. The molecule has 3 aromatic rings. The van der Waals surface area contributed by atoms with Gasteiger partial charge in [-0.1, -0.05) is 6.07 Å². The normalized spacial score (nSPS) is 12.0. The molecule has 5 nitrogen and oxygen atoms in total. The van der Waals surface area contributed by atoms with E-state index in [2.05, 4.69) is 9.98 Å². The summed E-state index contributed by atoms with van der Waals surface area (Å²) in [4.78, 5) is 20.3. The van der Waals surface area contributed by atoms with Crippen molar-refractivity contribution in [2.75, 3.05) is 6.61 Å². The number of aliphatic hydroxyl groups is 1. The summed E-state index contributed by atoms with van der Waals surface area (Å²) in [7, 11) is 0. The highest BCUT2D eigenvalue weighted by molar-refractivity contribution is 6.15. The number of halogens is 2. The largest absolute Gasteiger partial charge is 0.506 e. The van der Waals surface area contributed by atoms with Crippen LogP contribution < -0.4 is 0 Å². The molecule has 0 atom stereocenters. The lowest BCUT2D eigenvalue weighted by molar-refractivity contribution is -0.137. The lowest BCUT2D eigenvalue weighted by Crippen LogP contribution is -2.11. The summed E-state index contributed by atoms with van der Waals surface area (Å²) >= 11 is 0. The smallest absolute Gasteiger partial charge is 0.343 e. The molecule has 1 aromatic heterocycles. The quantitative estimate of drug-likeness (QED) is 0.261. The minimum Gasteiger partial charge on any atom is -0.506 e. The van der Waals surface area contributed by atoms with E-state index in [0.29, 0.717) is 11.3 Å². The van der Waals surface area contributed by atoms with Crippen LogP contribution in [0, 0.1) is 11.6 Å². The van der Waals surface area contributed by atoms with E-state index >= 15 is 0 Å². The number of carbonyl (C=O) groups excluding carboxylic acids is 1. The van der Waals surface area contributed by atoms with Crippen LogP contribution >= 0.6 is 0 Å². The average molecular weight is 408 g/mol. The zero-order chi connectivity index (χ0) is 21.5. The standard InChI is InChI=1S/C23H18F2N2O3/c1-2-30-23(29)20(14-27-18-6-4-17(24)5-7-18)22(28)19-8-3-16(13-21(19)25)15-9-11-26-12-10-15/h3-14,28H,2H2,1H3. The number of aromatic nitrogens is 1. The highest BCUT2D eigenvalue weighted by atomic mass is 19.1. The van der Waals surface area contributed by atoms with Gasteiger partial charge in [-0.15, -0.1) is 0 Å². The molecule has 1 N–H and O–H groups in total. The number of aliphatic hydroxyl groups excluding tert-OH is 1. The first-order valence-corrected chi connectivity index (χ1v) is 9.10. The first-order valence-electron chi connectivity index (χ1n) is 9.10. The van der Waals surface area contributed by atoms with Crippen molar-refractivity contribution in [3.63, 3.8) is 0 Å². The molecular weight excluding hydrogens is 390 g/mol. The highest BCUT2D eigenvalue weighted by Gasteiger charge is 2.19. The average Bonchev–Trinajstić information content (AvgIpc) is 2.76. The molecule has 0 aliphatic rings. The maximum atomic E-state index is 14.8. The van der Waals surface area contributed by atoms with Gasteiger partial charge >= 0.3 is 5.97 Å². The molecule has 0 fully saturated rings. The number of benzene rings is 2. The van der Waals surface area contributed by atoms with Crippen LogP contribution in [-0.4, -0.2) is 28.9 Å². The van der Waals surface area contributed by atoms with E-state index in [0.717, 1.165) is 11.8 Å². The Bertz CT molecular complexity index is 1100. The molecule has 1 heterocycles. The van der Waals surface area contributed by atoms with Crippen LogP contribution in [-0.2, 0) is 9.53 Å². The van der Waals surface area contributed by atoms with Gasteiger partial charge < -0.3 is 9.84 Å². The Morgan fingerprint density at radius 1 is 1.07 bits per heavy atom. The van der Waals surface area contributed by atoms with E-state index in [1.807, 2.05) is 0 Å². The van der Waals surface area contributed by atoms with Crippen molar-refractivity contribution >= 4 is 23.6 Å².